The van der Waals surface area contributed by atoms with E-state index in [1.54, 1.807) is 6.07 Å². The molecule has 0 unspecified atom stereocenters. The Kier molecular flexibility index (Phi) is 5.69. The van der Waals surface area contributed by atoms with E-state index < -0.39 is 14.9 Å². The first-order valence-corrected chi connectivity index (χ1v) is 10.5. The van der Waals surface area contributed by atoms with Gasteiger partial charge in [-0.3, -0.25) is 10.1 Å². The van der Waals surface area contributed by atoms with Gasteiger partial charge in [-0.05, 0) is 30.2 Å². The zero-order valence-electron chi connectivity index (χ0n) is 14.8. The van der Waals surface area contributed by atoms with Gasteiger partial charge in [0.15, 0.2) is 0 Å². The fourth-order valence-corrected chi connectivity index (χ4v) is 4.86. The lowest BCUT2D eigenvalue weighted by Crippen LogP contribution is -2.49. The minimum Gasteiger partial charge on any atom is -0.369 e. The van der Waals surface area contributed by atoms with Gasteiger partial charge in [-0.25, -0.2) is 8.42 Å². The average Bonchev–Trinajstić information content (AvgIpc) is 2.63. The Balaban J connectivity index is 1.68. The van der Waals surface area contributed by atoms with Crippen LogP contribution in [0, 0.1) is 17.0 Å². The summed E-state index contributed by atoms with van der Waals surface area (Å²) in [5, 5.41) is 11.5. The zero-order chi connectivity index (χ0) is 19.6. The third-order valence-electron chi connectivity index (χ3n) is 4.61. The Morgan fingerprint density at radius 3 is 2.48 bits per heavy atom. The lowest BCUT2D eigenvalue weighted by molar-refractivity contribution is -0.384. The highest BCUT2D eigenvalue weighted by Crippen LogP contribution is 2.26. The number of benzene rings is 2. The van der Waals surface area contributed by atoms with Gasteiger partial charge in [0, 0.05) is 49.0 Å². The average molecular weight is 410 g/mol. The summed E-state index contributed by atoms with van der Waals surface area (Å²) in [6, 6.07) is 11.4. The summed E-state index contributed by atoms with van der Waals surface area (Å²) in [6.45, 7) is 3.86. The fraction of sp³-hybridized carbons (Fsp3) is 0.333. The Morgan fingerprint density at radius 1 is 1.11 bits per heavy atom. The molecule has 0 saturated carbocycles. The SMILES string of the molecule is Cc1ccc(Cl)cc1N1CCN(S(=O)(=O)Cc2cccc([N+](=O)[O-])c2)CC1. The van der Waals surface area contributed by atoms with Gasteiger partial charge in [0.05, 0.1) is 10.7 Å². The van der Waals surface area contributed by atoms with E-state index in [1.165, 1.54) is 22.5 Å². The molecule has 1 saturated heterocycles. The third-order valence-corrected chi connectivity index (χ3v) is 6.70. The second-order valence-corrected chi connectivity index (χ2v) is 8.91. The highest BCUT2D eigenvalue weighted by molar-refractivity contribution is 7.88. The molecule has 0 aliphatic carbocycles. The normalized spacial score (nSPS) is 15.7. The molecule has 3 rings (SSSR count). The largest absolute Gasteiger partial charge is 0.369 e. The third kappa shape index (κ3) is 4.58. The van der Waals surface area contributed by atoms with Crippen LogP contribution in [0.1, 0.15) is 11.1 Å². The predicted molar refractivity (Wildman–Crippen MR) is 106 cm³/mol. The van der Waals surface area contributed by atoms with Gasteiger partial charge in [-0.2, -0.15) is 4.31 Å². The van der Waals surface area contributed by atoms with Gasteiger partial charge in [-0.1, -0.05) is 29.8 Å². The van der Waals surface area contributed by atoms with Crippen LogP contribution in [0.25, 0.3) is 0 Å². The molecule has 0 N–H and O–H groups in total. The van der Waals surface area contributed by atoms with Crippen LogP contribution in [0.5, 0.6) is 0 Å². The second kappa shape index (κ2) is 7.84. The standard InChI is InChI=1S/C18H20ClN3O4S/c1-14-5-6-16(19)12-18(14)20-7-9-21(10-8-20)27(25,26)13-15-3-2-4-17(11-15)22(23)24/h2-6,11-12H,7-10,13H2,1H3. The number of non-ortho nitro benzene ring substituents is 1. The monoisotopic (exact) mass is 409 g/mol. The summed E-state index contributed by atoms with van der Waals surface area (Å²) in [4.78, 5) is 12.5. The topological polar surface area (TPSA) is 83.8 Å². The Morgan fingerprint density at radius 2 is 1.81 bits per heavy atom. The number of halogens is 1. The van der Waals surface area contributed by atoms with Crippen molar-refractivity contribution in [1.82, 2.24) is 4.31 Å². The highest BCUT2D eigenvalue weighted by Gasteiger charge is 2.28. The minimum atomic E-state index is -3.54. The summed E-state index contributed by atoms with van der Waals surface area (Å²) in [5.74, 6) is -0.245. The molecule has 7 nitrogen and oxygen atoms in total. The number of piperazine rings is 1. The van der Waals surface area contributed by atoms with Crippen molar-refractivity contribution in [3.05, 3.63) is 68.7 Å². The van der Waals surface area contributed by atoms with Crippen LogP contribution >= 0.6 is 11.6 Å². The maximum absolute atomic E-state index is 12.7. The predicted octanol–water partition coefficient (Wildman–Crippen LogP) is 3.21. The van der Waals surface area contributed by atoms with Gasteiger partial charge in [0.2, 0.25) is 10.0 Å². The van der Waals surface area contributed by atoms with E-state index in [9.17, 15) is 18.5 Å². The summed E-state index contributed by atoms with van der Waals surface area (Å²) >= 11 is 6.08. The lowest BCUT2D eigenvalue weighted by atomic mass is 10.1. The smallest absolute Gasteiger partial charge is 0.269 e. The molecule has 144 valence electrons. The van der Waals surface area contributed by atoms with Crippen molar-refractivity contribution in [2.24, 2.45) is 0 Å². The van der Waals surface area contributed by atoms with Crippen molar-refractivity contribution in [2.75, 3.05) is 31.1 Å². The number of rotatable bonds is 5. The second-order valence-electron chi connectivity index (χ2n) is 6.50. The van der Waals surface area contributed by atoms with Crippen molar-refractivity contribution in [3.8, 4) is 0 Å². The minimum absolute atomic E-state index is 0.107. The summed E-state index contributed by atoms with van der Waals surface area (Å²) in [5.41, 5.74) is 2.41. The van der Waals surface area contributed by atoms with Crippen molar-refractivity contribution in [2.45, 2.75) is 12.7 Å². The number of anilines is 1. The Hall–Kier alpha value is -2.16. The quantitative estimate of drug-likeness (QED) is 0.559. The first kappa shape index (κ1) is 19.6. The van der Waals surface area contributed by atoms with E-state index in [2.05, 4.69) is 4.90 Å². The number of nitrogens with zero attached hydrogens (tertiary/aromatic N) is 3. The number of nitro benzene ring substituents is 1. The molecule has 0 spiro atoms. The summed E-state index contributed by atoms with van der Waals surface area (Å²) < 4.78 is 26.9. The van der Waals surface area contributed by atoms with Crippen molar-refractivity contribution in [1.29, 1.82) is 0 Å². The fourth-order valence-electron chi connectivity index (χ4n) is 3.19. The molecule has 9 heteroatoms. The van der Waals surface area contributed by atoms with E-state index in [1.807, 2.05) is 25.1 Å². The van der Waals surface area contributed by atoms with Crippen LogP contribution < -0.4 is 4.90 Å². The molecule has 1 aliphatic rings. The Bertz CT molecular complexity index is 957. The van der Waals surface area contributed by atoms with Gasteiger partial charge >= 0.3 is 0 Å². The van der Waals surface area contributed by atoms with E-state index >= 15 is 0 Å². The number of sulfonamides is 1. The van der Waals surface area contributed by atoms with Gasteiger partial charge < -0.3 is 4.90 Å². The molecule has 27 heavy (non-hydrogen) atoms. The van der Waals surface area contributed by atoms with Crippen LogP contribution in [0.4, 0.5) is 11.4 Å². The number of hydrogen-bond acceptors (Lipinski definition) is 5. The maximum atomic E-state index is 12.7. The number of nitro groups is 1. The Labute approximate surface area is 163 Å². The highest BCUT2D eigenvalue weighted by atomic mass is 35.5. The van der Waals surface area contributed by atoms with Gasteiger partial charge in [-0.15, -0.1) is 0 Å². The first-order chi connectivity index (χ1) is 12.8. The maximum Gasteiger partial charge on any atom is 0.269 e. The first-order valence-electron chi connectivity index (χ1n) is 8.48. The van der Waals surface area contributed by atoms with Crippen LogP contribution in [0.15, 0.2) is 42.5 Å². The molecule has 0 radical (unpaired) electrons. The van der Waals surface area contributed by atoms with Crippen LogP contribution in [0.3, 0.4) is 0 Å². The summed E-state index contributed by atoms with van der Waals surface area (Å²) in [6.07, 6.45) is 0. The van der Waals surface area contributed by atoms with Gasteiger partial charge in [0.25, 0.3) is 5.69 Å². The van der Waals surface area contributed by atoms with Crippen molar-refractivity contribution in [3.63, 3.8) is 0 Å². The number of hydrogen-bond donors (Lipinski definition) is 0. The van der Waals surface area contributed by atoms with E-state index in [0.717, 1.165) is 11.3 Å². The molecule has 2 aromatic rings. The molecule has 2 aromatic carbocycles. The molecule has 0 amide bonds. The van der Waals surface area contributed by atoms with Crippen molar-refractivity contribution < 1.29 is 13.3 Å². The molecule has 0 aromatic heterocycles. The molecular formula is C18H20ClN3O4S. The molecular weight excluding hydrogens is 390 g/mol. The van der Waals surface area contributed by atoms with Crippen molar-refractivity contribution >= 4 is 33.0 Å². The molecule has 1 fully saturated rings. The van der Waals surface area contributed by atoms with Crippen LogP contribution in [-0.2, 0) is 15.8 Å². The molecule has 1 aliphatic heterocycles. The van der Waals surface area contributed by atoms with Crippen LogP contribution in [0.2, 0.25) is 5.02 Å². The lowest BCUT2D eigenvalue weighted by Gasteiger charge is -2.36. The number of aryl methyl sites for hydroxylation is 1. The van der Waals surface area contributed by atoms with E-state index in [-0.39, 0.29) is 11.4 Å². The van der Waals surface area contributed by atoms with E-state index in [4.69, 9.17) is 11.6 Å². The molecule has 1 heterocycles. The molecule has 0 atom stereocenters. The summed E-state index contributed by atoms with van der Waals surface area (Å²) in [7, 11) is -3.54. The zero-order valence-corrected chi connectivity index (χ0v) is 16.4. The van der Waals surface area contributed by atoms with E-state index in [0.29, 0.717) is 36.8 Å². The molecule has 0 bridgehead atoms. The van der Waals surface area contributed by atoms with Crippen LogP contribution in [-0.4, -0.2) is 43.8 Å². The van der Waals surface area contributed by atoms with Gasteiger partial charge in [0.1, 0.15) is 0 Å².